The molecule has 23 heavy (non-hydrogen) atoms. The van der Waals surface area contributed by atoms with E-state index in [4.69, 9.17) is 0 Å². The lowest BCUT2D eigenvalue weighted by Gasteiger charge is -2.34. The topological polar surface area (TPSA) is 0 Å². The van der Waals surface area contributed by atoms with Gasteiger partial charge in [-0.05, 0) is 16.8 Å². The Morgan fingerprint density at radius 3 is 1.83 bits per heavy atom. The second-order valence-electron chi connectivity index (χ2n) is 4.66. The summed E-state index contributed by atoms with van der Waals surface area (Å²) < 4.78 is 117. The van der Waals surface area contributed by atoms with Crippen molar-refractivity contribution >= 4 is 10.8 Å². The second-order valence-corrected chi connectivity index (χ2v) is 4.66. The third kappa shape index (κ3) is 2.42. The molecule has 2 aromatic rings. The molecule has 0 spiro atoms. The lowest BCUT2D eigenvalue weighted by Crippen LogP contribution is -2.59. The first-order valence-corrected chi connectivity index (χ1v) is 5.94. The van der Waals surface area contributed by atoms with Gasteiger partial charge in [0.15, 0.2) is 0 Å². The van der Waals surface area contributed by atoms with E-state index in [1.807, 2.05) is 0 Å². The lowest BCUT2D eigenvalue weighted by atomic mass is 9.92. The van der Waals surface area contributed by atoms with Gasteiger partial charge in [-0.2, -0.15) is 39.5 Å². The highest BCUT2D eigenvalue weighted by atomic mass is 19.4. The summed E-state index contributed by atoms with van der Waals surface area (Å²) >= 11 is 0. The molecule has 0 aliphatic rings. The molecule has 9 heteroatoms. The summed E-state index contributed by atoms with van der Waals surface area (Å²) in [5, 5.41) is -0.635. The van der Waals surface area contributed by atoms with Crippen LogP contribution in [-0.4, -0.2) is 18.0 Å². The van der Waals surface area contributed by atoms with Gasteiger partial charge in [0.25, 0.3) is 0 Å². The molecule has 2 aromatic carbocycles. The zero-order chi connectivity index (χ0) is 17.7. The van der Waals surface area contributed by atoms with Gasteiger partial charge < -0.3 is 0 Å². The van der Waals surface area contributed by atoms with E-state index in [0.29, 0.717) is 0 Å². The van der Waals surface area contributed by atoms with Crippen LogP contribution in [0, 0.1) is 6.07 Å². The van der Waals surface area contributed by atoms with E-state index in [0.717, 1.165) is 18.2 Å². The molecule has 0 aliphatic heterocycles. The van der Waals surface area contributed by atoms with Crippen molar-refractivity contribution in [2.75, 3.05) is 0 Å². The molecule has 0 atom stereocenters. The maximum Gasteiger partial charge on any atom is 0.460 e. The highest BCUT2D eigenvalue weighted by molar-refractivity contribution is 5.86. The van der Waals surface area contributed by atoms with Crippen LogP contribution in [0.3, 0.4) is 0 Å². The van der Waals surface area contributed by atoms with E-state index >= 15 is 0 Å². The van der Waals surface area contributed by atoms with Gasteiger partial charge in [0.05, 0.1) is 0 Å². The van der Waals surface area contributed by atoms with Gasteiger partial charge in [0, 0.05) is 5.56 Å². The average Bonchev–Trinajstić information content (AvgIpc) is 2.45. The van der Waals surface area contributed by atoms with Crippen molar-refractivity contribution in [2.24, 2.45) is 0 Å². The zero-order valence-electron chi connectivity index (χ0n) is 10.9. The molecule has 0 N–H and O–H groups in total. The van der Waals surface area contributed by atoms with E-state index in [9.17, 15) is 39.5 Å². The van der Waals surface area contributed by atoms with E-state index in [1.54, 1.807) is 6.07 Å². The summed E-state index contributed by atoms with van der Waals surface area (Å²) in [5.74, 6) is -19.4. The van der Waals surface area contributed by atoms with Crippen LogP contribution in [0.1, 0.15) is 5.56 Å². The Labute approximate surface area is 123 Å². The minimum atomic E-state index is -6.92. The third-order valence-corrected chi connectivity index (χ3v) is 3.18. The van der Waals surface area contributed by atoms with Gasteiger partial charge >= 0.3 is 23.9 Å². The maximum absolute atomic E-state index is 13.9. The van der Waals surface area contributed by atoms with Crippen LogP contribution >= 0.6 is 0 Å². The summed E-state index contributed by atoms with van der Waals surface area (Å²) in [7, 11) is 0. The monoisotopic (exact) mass is 345 g/mol. The Hall–Kier alpha value is -1.93. The lowest BCUT2D eigenvalue weighted by molar-refractivity contribution is -0.399. The molecule has 0 aromatic heterocycles. The van der Waals surface area contributed by atoms with Crippen molar-refractivity contribution in [2.45, 2.75) is 23.9 Å². The quantitative estimate of drug-likeness (QED) is 0.639. The first-order chi connectivity index (χ1) is 10.3. The molecule has 0 amide bonds. The average molecular weight is 345 g/mol. The molecule has 0 bridgehead atoms. The Morgan fingerprint density at radius 1 is 0.696 bits per heavy atom. The van der Waals surface area contributed by atoms with Crippen molar-refractivity contribution < 1.29 is 39.5 Å². The smallest absolute Gasteiger partial charge is 0.194 e. The normalized spacial score (nSPS) is 14.3. The number of halogens is 9. The third-order valence-electron chi connectivity index (χ3n) is 3.18. The first kappa shape index (κ1) is 17.4. The van der Waals surface area contributed by atoms with Gasteiger partial charge in [0.1, 0.15) is 0 Å². The standard InChI is InChI=1S/C14H6F9/c15-11(16,12(17,18)13(19,20)14(21,22)23)10-7-3-5-8-4-1-2-6-9(8)10/h1-6H. The number of alkyl halides is 9. The molecule has 0 unspecified atom stereocenters. The fourth-order valence-electron chi connectivity index (χ4n) is 1.95. The van der Waals surface area contributed by atoms with Gasteiger partial charge in [-0.1, -0.05) is 36.4 Å². The van der Waals surface area contributed by atoms with Crippen LogP contribution in [0.5, 0.6) is 0 Å². The molecular formula is C14H6F9. The predicted molar refractivity (Wildman–Crippen MR) is 62.6 cm³/mol. The Morgan fingerprint density at radius 2 is 1.26 bits per heavy atom. The van der Waals surface area contributed by atoms with Crippen LogP contribution in [0.2, 0.25) is 0 Å². The van der Waals surface area contributed by atoms with Crippen molar-refractivity contribution in [3.05, 3.63) is 48.0 Å². The van der Waals surface area contributed by atoms with Gasteiger partial charge in [0.2, 0.25) is 0 Å². The molecule has 2 rings (SSSR count). The number of hydrogen-bond donors (Lipinski definition) is 0. The van der Waals surface area contributed by atoms with Crippen LogP contribution in [-0.2, 0) is 5.92 Å². The summed E-state index contributed by atoms with van der Waals surface area (Å²) in [6.07, 6.45) is -6.84. The molecule has 0 heterocycles. The van der Waals surface area contributed by atoms with Crippen molar-refractivity contribution in [3.8, 4) is 0 Å². The number of rotatable bonds is 3. The number of fused-ring (bicyclic) bond motifs is 1. The molecule has 0 saturated carbocycles. The van der Waals surface area contributed by atoms with Gasteiger partial charge in [-0.25, -0.2) is 0 Å². The molecule has 0 nitrogen and oxygen atoms in total. The van der Waals surface area contributed by atoms with Crippen LogP contribution in [0.4, 0.5) is 39.5 Å². The predicted octanol–water partition coefficient (Wildman–Crippen LogP) is 5.56. The van der Waals surface area contributed by atoms with Gasteiger partial charge in [-0.15, -0.1) is 0 Å². The molecule has 0 saturated heterocycles. The summed E-state index contributed by atoms with van der Waals surface area (Å²) in [5.41, 5.74) is -1.73. The van der Waals surface area contributed by atoms with Crippen molar-refractivity contribution in [1.82, 2.24) is 0 Å². The fraction of sp³-hybridized carbons (Fsp3) is 0.286. The highest BCUT2D eigenvalue weighted by Crippen LogP contribution is 2.57. The summed E-state index contributed by atoms with van der Waals surface area (Å²) in [6.45, 7) is 0. The number of benzene rings is 2. The Balaban J connectivity index is 2.69. The summed E-state index contributed by atoms with van der Waals surface area (Å²) in [4.78, 5) is 0. The highest BCUT2D eigenvalue weighted by Gasteiger charge is 2.82. The SMILES string of the molecule is FC(F)(F)C(F)(F)C(F)(F)C(F)(F)c1[c]ccc2ccccc12. The van der Waals surface area contributed by atoms with Crippen molar-refractivity contribution in [1.29, 1.82) is 0 Å². The zero-order valence-corrected chi connectivity index (χ0v) is 10.9. The number of hydrogen-bond acceptors (Lipinski definition) is 0. The Bertz CT molecular complexity index is 710. The fourth-order valence-corrected chi connectivity index (χ4v) is 1.95. The van der Waals surface area contributed by atoms with E-state index in [-0.39, 0.29) is 5.39 Å². The van der Waals surface area contributed by atoms with E-state index in [2.05, 4.69) is 0 Å². The first-order valence-electron chi connectivity index (χ1n) is 5.94. The molecule has 0 fully saturated rings. The molecule has 125 valence electrons. The van der Waals surface area contributed by atoms with Crippen molar-refractivity contribution in [3.63, 3.8) is 0 Å². The van der Waals surface area contributed by atoms with E-state index in [1.165, 1.54) is 18.2 Å². The van der Waals surface area contributed by atoms with E-state index < -0.39 is 34.9 Å². The maximum atomic E-state index is 13.9. The van der Waals surface area contributed by atoms with Gasteiger partial charge in [-0.3, -0.25) is 0 Å². The largest absolute Gasteiger partial charge is 0.460 e. The molecule has 0 aliphatic carbocycles. The van der Waals surface area contributed by atoms with Crippen LogP contribution in [0.15, 0.2) is 36.4 Å². The second kappa shape index (κ2) is 5.04. The molecular weight excluding hydrogens is 339 g/mol. The molecule has 1 radical (unpaired) electrons. The summed E-state index contributed by atoms with van der Waals surface area (Å²) in [6, 6.07) is 8.18. The van der Waals surface area contributed by atoms with Crippen LogP contribution in [0.25, 0.3) is 10.8 Å². The van der Waals surface area contributed by atoms with Crippen LogP contribution < -0.4 is 0 Å². The minimum Gasteiger partial charge on any atom is -0.194 e. The minimum absolute atomic E-state index is 0.0351. The Kier molecular flexibility index (Phi) is 3.82.